The molecular formula is C24H31NO4. The van der Waals surface area contributed by atoms with Crippen molar-refractivity contribution in [2.45, 2.75) is 57.4 Å². The van der Waals surface area contributed by atoms with Crippen LogP contribution >= 0.6 is 0 Å². The lowest BCUT2D eigenvalue weighted by molar-refractivity contribution is -0.131. The van der Waals surface area contributed by atoms with E-state index in [4.69, 9.17) is 5.11 Å². The zero-order chi connectivity index (χ0) is 20.8. The highest BCUT2D eigenvalue weighted by Gasteiger charge is 2.41. The lowest BCUT2D eigenvalue weighted by atomic mass is 10.00. The van der Waals surface area contributed by atoms with Crippen molar-refractivity contribution in [3.05, 3.63) is 59.7 Å². The number of ketones is 1. The Morgan fingerprint density at radius 2 is 1.72 bits per heavy atom. The van der Waals surface area contributed by atoms with Gasteiger partial charge in [0.1, 0.15) is 6.23 Å². The highest BCUT2D eigenvalue weighted by Crippen LogP contribution is 2.30. The van der Waals surface area contributed by atoms with Crippen molar-refractivity contribution in [2.24, 2.45) is 0 Å². The van der Waals surface area contributed by atoms with Gasteiger partial charge in [0.25, 0.3) is 0 Å². The van der Waals surface area contributed by atoms with Crippen molar-refractivity contribution in [3.8, 4) is 11.1 Å². The minimum Gasteiger partial charge on any atom is -0.396 e. The van der Waals surface area contributed by atoms with Crippen molar-refractivity contribution in [1.29, 1.82) is 0 Å². The number of hydrogen-bond donors (Lipinski definition) is 3. The third-order valence-electron chi connectivity index (χ3n) is 5.66. The van der Waals surface area contributed by atoms with Crippen molar-refractivity contribution in [1.82, 2.24) is 4.90 Å². The van der Waals surface area contributed by atoms with Gasteiger partial charge in [0.2, 0.25) is 0 Å². The number of hydrogen-bond acceptors (Lipinski definition) is 5. The Bertz CT molecular complexity index is 788. The molecule has 5 heteroatoms. The predicted octanol–water partition coefficient (Wildman–Crippen LogP) is 3.07. The predicted molar refractivity (Wildman–Crippen MR) is 113 cm³/mol. The summed E-state index contributed by atoms with van der Waals surface area (Å²) in [5.74, 6) is -0.133. The van der Waals surface area contributed by atoms with E-state index in [1.807, 2.05) is 24.3 Å². The average Bonchev–Trinajstić information content (AvgIpc) is 3.14. The van der Waals surface area contributed by atoms with Crippen LogP contribution in [0.2, 0.25) is 0 Å². The Labute approximate surface area is 172 Å². The van der Waals surface area contributed by atoms with Crippen LogP contribution in [0.1, 0.15) is 50.0 Å². The van der Waals surface area contributed by atoms with Gasteiger partial charge in [0.15, 0.2) is 5.78 Å². The molecule has 0 saturated carbocycles. The molecule has 3 atom stereocenters. The zero-order valence-electron chi connectivity index (χ0n) is 17.0. The Kier molecular flexibility index (Phi) is 7.56. The molecule has 156 valence electrons. The third kappa shape index (κ3) is 5.11. The van der Waals surface area contributed by atoms with Crippen LogP contribution in [0.25, 0.3) is 11.1 Å². The van der Waals surface area contributed by atoms with E-state index in [0.717, 1.165) is 24.0 Å². The minimum absolute atomic E-state index is 0.0575. The standard InChI is InChI=1S/C24H31NO4/c1-2-4-17-6-8-18(9-7-17)19-10-12-20(13-11-19)24(29)25-15-14-22(28)23(25)21(27)5-3-16-26/h6-13,22-24,26,28-29H,2-5,14-16H2,1H3/t22-,23-,24?/m1/s1. The van der Waals surface area contributed by atoms with E-state index >= 15 is 0 Å². The number of aliphatic hydroxyl groups excluding tert-OH is 3. The number of carbonyl (C=O) groups is 1. The monoisotopic (exact) mass is 397 g/mol. The van der Waals surface area contributed by atoms with E-state index in [9.17, 15) is 15.0 Å². The van der Waals surface area contributed by atoms with Gasteiger partial charge in [-0.05, 0) is 41.5 Å². The molecule has 0 amide bonds. The van der Waals surface area contributed by atoms with E-state index in [1.165, 1.54) is 5.56 Å². The number of nitrogens with zero attached hydrogens (tertiary/aromatic N) is 1. The van der Waals surface area contributed by atoms with E-state index in [0.29, 0.717) is 24.9 Å². The molecular weight excluding hydrogens is 366 g/mol. The lowest BCUT2D eigenvalue weighted by Crippen LogP contribution is -2.43. The maximum absolute atomic E-state index is 12.5. The topological polar surface area (TPSA) is 81.0 Å². The molecule has 1 unspecified atom stereocenters. The van der Waals surface area contributed by atoms with Gasteiger partial charge in [0.05, 0.1) is 12.1 Å². The molecule has 3 rings (SSSR count). The molecule has 0 aromatic heterocycles. The molecule has 3 N–H and O–H groups in total. The Hall–Kier alpha value is -2.05. The van der Waals surface area contributed by atoms with Gasteiger partial charge in [-0.3, -0.25) is 9.69 Å². The average molecular weight is 398 g/mol. The van der Waals surface area contributed by atoms with Gasteiger partial charge in [-0.15, -0.1) is 0 Å². The quantitative estimate of drug-likeness (QED) is 0.606. The molecule has 1 fully saturated rings. The van der Waals surface area contributed by atoms with Crippen molar-refractivity contribution in [2.75, 3.05) is 13.2 Å². The summed E-state index contributed by atoms with van der Waals surface area (Å²) in [6.45, 7) is 2.57. The third-order valence-corrected chi connectivity index (χ3v) is 5.66. The number of Topliss-reactive ketones (excluding diaryl/α,β-unsaturated/α-hetero) is 1. The Balaban J connectivity index is 1.72. The molecule has 0 spiro atoms. The summed E-state index contributed by atoms with van der Waals surface area (Å²) < 4.78 is 0. The van der Waals surface area contributed by atoms with E-state index < -0.39 is 18.4 Å². The molecule has 2 aromatic rings. The second kappa shape index (κ2) is 10.1. The van der Waals surface area contributed by atoms with Crippen LogP contribution in [-0.2, 0) is 11.2 Å². The summed E-state index contributed by atoms with van der Waals surface area (Å²) in [5.41, 5.74) is 4.22. The molecule has 1 aliphatic heterocycles. The van der Waals surface area contributed by atoms with Gasteiger partial charge >= 0.3 is 0 Å². The van der Waals surface area contributed by atoms with E-state index in [2.05, 4.69) is 31.2 Å². The van der Waals surface area contributed by atoms with Crippen LogP contribution in [0, 0.1) is 0 Å². The van der Waals surface area contributed by atoms with Crippen molar-refractivity contribution in [3.63, 3.8) is 0 Å². The van der Waals surface area contributed by atoms with Crippen LogP contribution in [0.5, 0.6) is 0 Å². The summed E-state index contributed by atoms with van der Waals surface area (Å²) in [5, 5.41) is 30.1. The minimum atomic E-state index is -0.948. The fraction of sp³-hybridized carbons (Fsp3) is 0.458. The Morgan fingerprint density at radius 3 is 2.31 bits per heavy atom. The molecule has 0 radical (unpaired) electrons. The van der Waals surface area contributed by atoms with Gasteiger partial charge in [-0.25, -0.2) is 0 Å². The number of benzene rings is 2. The fourth-order valence-electron chi connectivity index (χ4n) is 4.07. The highest BCUT2D eigenvalue weighted by molar-refractivity contribution is 5.85. The first-order chi connectivity index (χ1) is 14.0. The molecule has 1 aliphatic rings. The SMILES string of the molecule is CCCc1ccc(-c2ccc(C(O)N3CC[C@@H](O)[C@H]3C(=O)CCCO)cc2)cc1. The second-order valence-electron chi connectivity index (χ2n) is 7.77. The maximum atomic E-state index is 12.5. The van der Waals surface area contributed by atoms with Crippen LogP contribution in [0.3, 0.4) is 0 Å². The Morgan fingerprint density at radius 1 is 1.10 bits per heavy atom. The fourth-order valence-corrected chi connectivity index (χ4v) is 4.07. The number of aliphatic hydroxyl groups is 3. The van der Waals surface area contributed by atoms with Gasteiger partial charge in [-0.1, -0.05) is 61.9 Å². The molecule has 1 heterocycles. The van der Waals surface area contributed by atoms with Gasteiger partial charge in [0, 0.05) is 19.6 Å². The molecule has 0 aliphatic carbocycles. The summed E-state index contributed by atoms with van der Waals surface area (Å²) in [6, 6.07) is 15.5. The number of rotatable bonds is 9. The molecule has 0 bridgehead atoms. The second-order valence-corrected chi connectivity index (χ2v) is 7.77. The number of aryl methyl sites for hydroxylation is 1. The summed E-state index contributed by atoms with van der Waals surface area (Å²) in [4.78, 5) is 14.1. The summed E-state index contributed by atoms with van der Waals surface area (Å²) in [6.07, 6.45) is 1.50. The largest absolute Gasteiger partial charge is 0.396 e. The molecule has 2 aromatic carbocycles. The first-order valence-corrected chi connectivity index (χ1v) is 10.5. The van der Waals surface area contributed by atoms with E-state index in [-0.39, 0.29) is 18.8 Å². The van der Waals surface area contributed by atoms with Gasteiger partial charge in [-0.2, -0.15) is 0 Å². The van der Waals surface area contributed by atoms with Crippen molar-refractivity contribution >= 4 is 5.78 Å². The summed E-state index contributed by atoms with van der Waals surface area (Å²) >= 11 is 0. The lowest BCUT2D eigenvalue weighted by Gasteiger charge is -2.30. The summed E-state index contributed by atoms with van der Waals surface area (Å²) in [7, 11) is 0. The van der Waals surface area contributed by atoms with Crippen LogP contribution in [0.15, 0.2) is 48.5 Å². The smallest absolute Gasteiger partial charge is 0.152 e. The normalized spacial score (nSPS) is 20.7. The molecule has 1 saturated heterocycles. The van der Waals surface area contributed by atoms with Crippen LogP contribution < -0.4 is 0 Å². The molecule has 29 heavy (non-hydrogen) atoms. The first kappa shape index (κ1) is 21.7. The zero-order valence-corrected chi connectivity index (χ0v) is 17.0. The number of likely N-dealkylation sites (tertiary alicyclic amines) is 1. The van der Waals surface area contributed by atoms with Crippen molar-refractivity contribution < 1.29 is 20.1 Å². The van der Waals surface area contributed by atoms with Crippen LogP contribution in [-0.4, -0.2) is 51.3 Å². The number of carbonyl (C=O) groups excluding carboxylic acids is 1. The van der Waals surface area contributed by atoms with E-state index in [1.54, 1.807) is 4.90 Å². The molecule has 5 nitrogen and oxygen atoms in total. The van der Waals surface area contributed by atoms with Crippen LogP contribution in [0.4, 0.5) is 0 Å². The highest BCUT2D eigenvalue weighted by atomic mass is 16.3. The maximum Gasteiger partial charge on any atom is 0.152 e. The van der Waals surface area contributed by atoms with Gasteiger partial charge < -0.3 is 15.3 Å². The first-order valence-electron chi connectivity index (χ1n) is 10.5.